The van der Waals surface area contributed by atoms with Crippen LogP contribution in [0.2, 0.25) is 0 Å². The minimum absolute atomic E-state index is 0.123. The van der Waals surface area contributed by atoms with Gasteiger partial charge in [-0.05, 0) is 42.5 Å². The number of hydrogen-bond acceptors (Lipinski definition) is 7. The molecule has 142 valence electrons. The molecule has 5 rings (SSSR count). The molecular weight excluding hydrogens is 374 g/mol. The largest absolute Gasteiger partial charge is 0.454 e. The third-order valence-electron chi connectivity index (χ3n) is 4.43. The van der Waals surface area contributed by atoms with Crippen LogP contribution >= 0.6 is 0 Å². The third-order valence-corrected chi connectivity index (χ3v) is 4.43. The van der Waals surface area contributed by atoms with Crippen molar-refractivity contribution >= 4 is 17.8 Å². The van der Waals surface area contributed by atoms with E-state index in [-0.39, 0.29) is 24.1 Å². The Morgan fingerprint density at radius 1 is 1.00 bits per heavy atom. The first kappa shape index (κ1) is 17.0. The van der Waals surface area contributed by atoms with Gasteiger partial charge in [-0.25, -0.2) is 4.79 Å². The number of rotatable bonds is 3. The monoisotopic (exact) mass is 387 g/mol. The lowest BCUT2D eigenvalue weighted by Crippen LogP contribution is -2.08. The number of hydrogen-bond donors (Lipinski definition) is 0. The van der Waals surface area contributed by atoms with Crippen LogP contribution in [0.4, 0.5) is 0 Å². The van der Waals surface area contributed by atoms with Gasteiger partial charge in [-0.3, -0.25) is 9.78 Å². The highest BCUT2D eigenvalue weighted by atomic mass is 16.7. The molecule has 0 radical (unpaired) electrons. The number of nitrogens with zero attached hydrogens (tertiary/aromatic N) is 1. The van der Waals surface area contributed by atoms with E-state index in [4.69, 9.17) is 18.9 Å². The van der Waals surface area contributed by atoms with Crippen LogP contribution in [0.25, 0.3) is 6.08 Å². The second-order valence-electron chi connectivity index (χ2n) is 6.31. The minimum atomic E-state index is -0.558. The van der Waals surface area contributed by atoms with Gasteiger partial charge < -0.3 is 18.9 Å². The van der Waals surface area contributed by atoms with Crippen LogP contribution in [-0.2, 0) is 0 Å². The maximum atomic E-state index is 12.5. The van der Waals surface area contributed by atoms with Gasteiger partial charge in [0.1, 0.15) is 11.5 Å². The highest BCUT2D eigenvalue weighted by molar-refractivity contribution is 6.14. The van der Waals surface area contributed by atoms with Crippen LogP contribution in [0.15, 0.2) is 66.6 Å². The molecule has 0 amide bonds. The van der Waals surface area contributed by atoms with Crippen LogP contribution < -0.4 is 18.9 Å². The van der Waals surface area contributed by atoms with Gasteiger partial charge in [-0.1, -0.05) is 6.07 Å². The van der Waals surface area contributed by atoms with Crippen molar-refractivity contribution in [2.75, 3.05) is 6.79 Å². The fourth-order valence-electron chi connectivity index (χ4n) is 3.02. The second-order valence-corrected chi connectivity index (χ2v) is 6.31. The Morgan fingerprint density at radius 3 is 2.76 bits per heavy atom. The summed E-state index contributed by atoms with van der Waals surface area (Å²) < 4.78 is 21.6. The Balaban J connectivity index is 1.36. The molecule has 0 aliphatic carbocycles. The predicted octanol–water partition coefficient (Wildman–Crippen LogP) is 3.65. The zero-order valence-corrected chi connectivity index (χ0v) is 15.0. The Kier molecular flexibility index (Phi) is 3.98. The van der Waals surface area contributed by atoms with Crippen molar-refractivity contribution in [3.05, 3.63) is 83.4 Å². The average molecular weight is 387 g/mol. The van der Waals surface area contributed by atoms with Crippen molar-refractivity contribution in [1.29, 1.82) is 0 Å². The topological polar surface area (TPSA) is 84.0 Å². The van der Waals surface area contributed by atoms with E-state index in [1.54, 1.807) is 54.7 Å². The van der Waals surface area contributed by atoms with Gasteiger partial charge >= 0.3 is 5.97 Å². The molecule has 7 heteroatoms. The van der Waals surface area contributed by atoms with E-state index < -0.39 is 5.97 Å². The molecule has 2 aliphatic rings. The molecule has 29 heavy (non-hydrogen) atoms. The Hall–Kier alpha value is -4.13. The third kappa shape index (κ3) is 3.19. The molecule has 2 aromatic carbocycles. The molecular formula is C22H13NO6. The van der Waals surface area contributed by atoms with E-state index in [9.17, 15) is 9.59 Å². The number of ether oxygens (including phenoxy) is 4. The maximum Gasteiger partial charge on any atom is 0.343 e. The summed E-state index contributed by atoms with van der Waals surface area (Å²) in [4.78, 5) is 29.1. The molecule has 3 aromatic rings. The summed E-state index contributed by atoms with van der Waals surface area (Å²) in [6.07, 6.45) is 3.20. The summed E-state index contributed by atoms with van der Waals surface area (Å²) in [5.41, 5.74) is 1.33. The number of benzene rings is 2. The second kappa shape index (κ2) is 6.79. The standard InChI is InChI=1S/C22H13NO6/c24-21-16-6-5-15(11-18(16)29-20(21)10-14-3-1-2-8-23-14)28-22(25)13-4-7-17-19(9-13)27-12-26-17/h1-11H,12H2/b20-10-. The van der Waals surface area contributed by atoms with Crippen LogP contribution in [-0.4, -0.2) is 23.5 Å². The number of fused-ring (bicyclic) bond motifs is 2. The maximum absolute atomic E-state index is 12.5. The van der Waals surface area contributed by atoms with Gasteiger partial charge in [-0.2, -0.15) is 0 Å². The Bertz CT molecular complexity index is 1170. The molecule has 0 spiro atoms. The summed E-state index contributed by atoms with van der Waals surface area (Å²) in [5, 5.41) is 0. The van der Waals surface area contributed by atoms with Crippen LogP contribution in [0.3, 0.4) is 0 Å². The number of Topliss-reactive ketones (excluding diaryl/α,β-unsaturated/α-hetero) is 1. The number of carbonyl (C=O) groups is 2. The van der Waals surface area contributed by atoms with E-state index in [0.717, 1.165) is 0 Å². The zero-order valence-electron chi connectivity index (χ0n) is 15.0. The molecule has 0 N–H and O–H groups in total. The lowest BCUT2D eigenvalue weighted by Gasteiger charge is -2.06. The molecule has 0 saturated heterocycles. The van der Waals surface area contributed by atoms with E-state index in [1.165, 1.54) is 6.07 Å². The highest BCUT2D eigenvalue weighted by Crippen LogP contribution is 2.36. The predicted molar refractivity (Wildman–Crippen MR) is 101 cm³/mol. The fourth-order valence-corrected chi connectivity index (χ4v) is 3.02. The minimum Gasteiger partial charge on any atom is -0.454 e. The summed E-state index contributed by atoms with van der Waals surface area (Å²) >= 11 is 0. The number of ketones is 1. The molecule has 7 nitrogen and oxygen atoms in total. The average Bonchev–Trinajstić information content (AvgIpc) is 3.33. The molecule has 0 unspecified atom stereocenters. The molecule has 1 aromatic heterocycles. The van der Waals surface area contributed by atoms with E-state index in [0.29, 0.717) is 34.1 Å². The van der Waals surface area contributed by atoms with Crippen molar-refractivity contribution in [3.63, 3.8) is 0 Å². The van der Waals surface area contributed by atoms with Gasteiger partial charge in [0.15, 0.2) is 17.3 Å². The first-order valence-electron chi connectivity index (χ1n) is 8.78. The van der Waals surface area contributed by atoms with Crippen LogP contribution in [0.5, 0.6) is 23.0 Å². The van der Waals surface area contributed by atoms with Crippen molar-refractivity contribution in [1.82, 2.24) is 4.98 Å². The number of carbonyl (C=O) groups excluding carboxylic acids is 2. The van der Waals surface area contributed by atoms with Gasteiger partial charge in [0.25, 0.3) is 0 Å². The van der Waals surface area contributed by atoms with Crippen LogP contribution in [0.1, 0.15) is 26.4 Å². The van der Waals surface area contributed by atoms with Gasteiger partial charge in [0.2, 0.25) is 12.6 Å². The van der Waals surface area contributed by atoms with Crippen molar-refractivity contribution in [3.8, 4) is 23.0 Å². The van der Waals surface area contributed by atoms with E-state index in [2.05, 4.69) is 4.98 Å². The lowest BCUT2D eigenvalue weighted by molar-refractivity contribution is 0.0734. The summed E-state index contributed by atoms with van der Waals surface area (Å²) in [5.74, 6) is 1.02. The molecule has 3 heterocycles. The Labute approximate surface area is 165 Å². The molecule has 0 fully saturated rings. The summed E-state index contributed by atoms with van der Waals surface area (Å²) in [7, 11) is 0. The smallest absolute Gasteiger partial charge is 0.343 e. The van der Waals surface area contributed by atoms with E-state index in [1.807, 2.05) is 6.07 Å². The molecule has 2 aliphatic heterocycles. The van der Waals surface area contributed by atoms with E-state index >= 15 is 0 Å². The SMILES string of the molecule is O=C(Oc1ccc2c(c1)O/C(=C\c1ccccn1)C2=O)c1ccc2c(c1)OCO2. The molecule has 0 saturated carbocycles. The van der Waals surface area contributed by atoms with Crippen molar-refractivity contribution < 1.29 is 28.5 Å². The summed E-state index contributed by atoms with van der Waals surface area (Å²) in [6, 6.07) is 14.8. The molecule has 0 atom stereocenters. The lowest BCUT2D eigenvalue weighted by atomic mass is 10.1. The summed E-state index contributed by atoms with van der Waals surface area (Å²) in [6.45, 7) is 0.123. The number of pyridine rings is 1. The number of esters is 1. The van der Waals surface area contributed by atoms with Gasteiger partial charge in [0.05, 0.1) is 16.8 Å². The highest BCUT2D eigenvalue weighted by Gasteiger charge is 2.28. The van der Waals surface area contributed by atoms with Crippen LogP contribution in [0, 0.1) is 0 Å². The quantitative estimate of drug-likeness (QED) is 0.385. The fraction of sp³-hybridized carbons (Fsp3) is 0.0455. The first-order valence-corrected chi connectivity index (χ1v) is 8.78. The zero-order chi connectivity index (χ0) is 19.8. The Morgan fingerprint density at radius 2 is 1.90 bits per heavy atom. The number of aromatic nitrogens is 1. The van der Waals surface area contributed by atoms with Crippen molar-refractivity contribution in [2.45, 2.75) is 0 Å². The van der Waals surface area contributed by atoms with Gasteiger partial charge in [0, 0.05) is 18.3 Å². The number of allylic oxidation sites excluding steroid dienone is 1. The normalized spacial score (nSPS) is 15.2. The first-order chi connectivity index (χ1) is 14.2. The van der Waals surface area contributed by atoms with Gasteiger partial charge in [-0.15, -0.1) is 0 Å². The van der Waals surface area contributed by atoms with Crippen molar-refractivity contribution in [2.24, 2.45) is 0 Å². The molecule has 0 bridgehead atoms.